The molecule has 1 aliphatic rings. The number of halogens is 1. The zero-order valence-electron chi connectivity index (χ0n) is 16.9. The number of nitrogens with zero attached hydrogens (tertiary/aromatic N) is 5. The molecule has 5 rings (SSSR count). The van der Waals surface area contributed by atoms with Crippen molar-refractivity contribution in [2.24, 2.45) is 0 Å². The summed E-state index contributed by atoms with van der Waals surface area (Å²) in [6.07, 6.45) is 4.23. The fraction of sp³-hybridized carbons (Fsp3) is 0.286. The minimum Gasteiger partial charge on any atom is -0.383 e. The molecule has 1 unspecified atom stereocenters. The second-order valence-electron chi connectivity index (χ2n) is 7.64. The van der Waals surface area contributed by atoms with E-state index in [1.165, 1.54) is 0 Å². The zero-order chi connectivity index (χ0) is 21.8. The fourth-order valence-electron chi connectivity index (χ4n) is 4.12. The molecule has 2 N–H and O–H groups in total. The van der Waals surface area contributed by atoms with Gasteiger partial charge in [0, 0.05) is 36.2 Å². The Hall–Kier alpha value is -2.56. The van der Waals surface area contributed by atoms with E-state index in [0.717, 1.165) is 27.7 Å². The Labute approximate surface area is 188 Å². The van der Waals surface area contributed by atoms with E-state index < -0.39 is 10.0 Å². The first-order valence-electron chi connectivity index (χ1n) is 10.0. The summed E-state index contributed by atoms with van der Waals surface area (Å²) >= 11 is 3.57. The van der Waals surface area contributed by atoms with E-state index in [1.54, 1.807) is 28.1 Å². The number of sulfonamides is 1. The van der Waals surface area contributed by atoms with E-state index >= 15 is 0 Å². The fourth-order valence-corrected chi connectivity index (χ4v) is 5.85. The van der Waals surface area contributed by atoms with Crippen LogP contribution in [-0.4, -0.2) is 51.1 Å². The van der Waals surface area contributed by atoms with Crippen molar-refractivity contribution in [1.29, 1.82) is 0 Å². The lowest BCUT2D eigenvalue weighted by molar-refractivity contribution is 0.473. The second-order valence-corrected chi connectivity index (χ2v) is 10.7. The van der Waals surface area contributed by atoms with Crippen LogP contribution in [0.5, 0.6) is 0 Å². The molecule has 0 amide bonds. The Morgan fingerprint density at radius 3 is 2.94 bits per heavy atom. The first-order valence-corrected chi connectivity index (χ1v) is 12.4. The Balaban J connectivity index is 1.61. The lowest BCUT2D eigenvalue weighted by Crippen LogP contribution is -2.30. The quantitative estimate of drug-likeness (QED) is 0.459. The summed E-state index contributed by atoms with van der Waals surface area (Å²) in [5.41, 5.74) is 10.6. The number of nitrogens with two attached hydrogens (primary N) is 1. The average Bonchev–Trinajstić information content (AvgIpc) is 3.44. The van der Waals surface area contributed by atoms with Gasteiger partial charge in [-0.25, -0.2) is 17.7 Å². The SMILES string of the molecule is CCS(=O)(=O)N1CCC(c2nc3c(-c4ccc5ncccc5c4)cnn3c(N)c2Br)C1. The van der Waals surface area contributed by atoms with Gasteiger partial charge >= 0.3 is 0 Å². The van der Waals surface area contributed by atoms with Crippen LogP contribution in [0.4, 0.5) is 5.82 Å². The molecule has 0 saturated carbocycles. The highest BCUT2D eigenvalue weighted by Gasteiger charge is 2.34. The summed E-state index contributed by atoms with van der Waals surface area (Å²) < 4.78 is 28.4. The molecule has 0 bridgehead atoms. The highest BCUT2D eigenvalue weighted by molar-refractivity contribution is 9.10. The summed E-state index contributed by atoms with van der Waals surface area (Å²) in [4.78, 5) is 9.29. The van der Waals surface area contributed by atoms with E-state index in [-0.39, 0.29) is 11.7 Å². The van der Waals surface area contributed by atoms with Crippen molar-refractivity contribution in [2.45, 2.75) is 19.3 Å². The van der Waals surface area contributed by atoms with E-state index in [2.05, 4.69) is 32.1 Å². The van der Waals surface area contributed by atoms with Crippen LogP contribution in [0.3, 0.4) is 0 Å². The average molecular weight is 501 g/mol. The van der Waals surface area contributed by atoms with Crippen molar-refractivity contribution >= 4 is 48.3 Å². The molecule has 1 aliphatic heterocycles. The number of pyridine rings is 1. The third-order valence-corrected chi connectivity index (χ3v) is 8.52. The molecule has 8 nitrogen and oxygen atoms in total. The Kier molecular flexibility index (Phi) is 4.95. The van der Waals surface area contributed by atoms with E-state index in [4.69, 9.17) is 10.7 Å². The number of aromatic nitrogens is 4. The highest BCUT2D eigenvalue weighted by atomic mass is 79.9. The third-order valence-electron chi connectivity index (χ3n) is 5.86. The predicted octanol–water partition coefficient (Wildman–Crippen LogP) is 3.43. The molecule has 3 aromatic heterocycles. The first-order chi connectivity index (χ1) is 14.9. The van der Waals surface area contributed by atoms with Gasteiger partial charge in [0.15, 0.2) is 5.65 Å². The lowest BCUT2D eigenvalue weighted by atomic mass is 10.0. The number of anilines is 1. The highest BCUT2D eigenvalue weighted by Crippen LogP contribution is 2.37. The maximum absolute atomic E-state index is 12.3. The summed E-state index contributed by atoms with van der Waals surface area (Å²) in [5.74, 6) is 0.510. The van der Waals surface area contributed by atoms with Crippen molar-refractivity contribution in [3.05, 3.63) is 52.9 Å². The summed E-state index contributed by atoms with van der Waals surface area (Å²) in [6, 6.07) is 9.95. The standard InChI is InChI=1S/C21H21BrN6O2S/c1-2-31(29,30)27-9-7-15(12-27)19-18(22)20(23)28-21(26-19)16(11-25-28)13-5-6-17-14(10-13)4-3-8-24-17/h3-6,8,10-11,15H,2,7,9,12,23H2,1H3. The summed E-state index contributed by atoms with van der Waals surface area (Å²) in [7, 11) is -3.23. The maximum atomic E-state index is 12.3. The van der Waals surface area contributed by atoms with E-state index in [1.807, 2.05) is 24.3 Å². The van der Waals surface area contributed by atoms with Crippen molar-refractivity contribution in [1.82, 2.24) is 23.9 Å². The molecule has 1 aromatic carbocycles. The molecule has 0 radical (unpaired) electrons. The van der Waals surface area contributed by atoms with Gasteiger partial charge in [-0.05, 0) is 53.0 Å². The van der Waals surface area contributed by atoms with Crippen LogP contribution >= 0.6 is 15.9 Å². The van der Waals surface area contributed by atoms with Crippen molar-refractivity contribution in [3.8, 4) is 11.1 Å². The molecule has 4 heterocycles. The Morgan fingerprint density at radius 2 is 2.13 bits per heavy atom. The Morgan fingerprint density at radius 1 is 1.29 bits per heavy atom. The number of nitrogen functional groups attached to an aromatic ring is 1. The van der Waals surface area contributed by atoms with Crippen LogP contribution < -0.4 is 5.73 Å². The van der Waals surface area contributed by atoms with Gasteiger partial charge in [-0.15, -0.1) is 0 Å². The van der Waals surface area contributed by atoms with E-state index in [0.29, 0.717) is 35.4 Å². The van der Waals surface area contributed by atoms with Gasteiger partial charge in [-0.2, -0.15) is 9.61 Å². The number of hydrogen-bond donors (Lipinski definition) is 1. The van der Waals surface area contributed by atoms with Gasteiger partial charge in [0.25, 0.3) is 0 Å². The normalized spacial score (nSPS) is 17.7. The molecular weight excluding hydrogens is 480 g/mol. The van der Waals surface area contributed by atoms with Crippen LogP contribution in [0, 0.1) is 0 Å². The van der Waals surface area contributed by atoms with E-state index in [9.17, 15) is 8.42 Å². The summed E-state index contributed by atoms with van der Waals surface area (Å²) in [5, 5.41) is 5.48. The number of fused-ring (bicyclic) bond motifs is 2. The molecule has 0 spiro atoms. The minimum atomic E-state index is -3.23. The second kappa shape index (κ2) is 7.54. The van der Waals surface area contributed by atoms with Gasteiger partial charge in [0.2, 0.25) is 10.0 Å². The third kappa shape index (κ3) is 3.38. The molecule has 1 fully saturated rings. The summed E-state index contributed by atoms with van der Waals surface area (Å²) in [6.45, 7) is 2.56. The van der Waals surface area contributed by atoms with Crippen molar-refractivity contribution in [2.75, 3.05) is 24.6 Å². The van der Waals surface area contributed by atoms with Crippen LogP contribution in [0.15, 0.2) is 47.2 Å². The molecule has 4 aromatic rings. The van der Waals surface area contributed by atoms with Crippen molar-refractivity contribution in [3.63, 3.8) is 0 Å². The number of rotatable bonds is 4. The van der Waals surface area contributed by atoms with Gasteiger partial charge in [-0.3, -0.25) is 4.98 Å². The minimum absolute atomic E-state index is 0.0356. The van der Waals surface area contributed by atoms with Crippen LogP contribution in [0.25, 0.3) is 27.7 Å². The molecule has 1 saturated heterocycles. The van der Waals surface area contributed by atoms with Gasteiger partial charge in [0.1, 0.15) is 5.82 Å². The molecule has 10 heteroatoms. The first kappa shape index (κ1) is 20.3. The Bertz CT molecular complexity index is 1420. The molecule has 31 heavy (non-hydrogen) atoms. The lowest BCUT2D eigenvalue weighted by Gasteiger charge is -2.17. The topological polar surface area (TPSA) is 106 Å². The predicted molar refractivity (Wildman–Crippen MR) is 124 cm³/mol. The smallest absolute Gasteiger partial charge is 0.213 e. The van der Waals surface area contributed by atoms with Crippen LogP contribution in [0.1, 0.15) is 25.0 Å². The molecule has 1 atom stereocenters. The van der Waals surface area contributed by atoms with Crippen molar-refractivity contribution < 1.29 is 8.42 Å². The van der Waals surface area contributed by atoms with Gasteiger partial charge in [-0.1, -0.05) is 12.1 Å². The zero-order valence-corrected chi connectivity index (χ0v) is 19.3. The molecule has 160 valence electrons. The maximum Gasteiger partial charge on any atom is 0.213 e. The van der Waals surface area contributed by atoms with Crippen LogP contribution in [-0.2, 0) is 10.0 Å². The van der Waals surface area contributed by atoms with Crippen LogP contribution in [0.2, 0.25) is 0 Å². The molecular formula is C21H21BrN6O2S. The largest absolute Gasteiger partial charge is 0.383 e. The molecule has 0 aliphatic carbocycles. The monoisotopic (exact) mass is 500 g/mol. The number of benzene rings is 1. The van der Waals surface area contributed by atoms with Gasteiger partial charge < -0.3 is 5.73 Å². The van der Waals surface area contributed by atoms with Gasteiger partial charge in [0.05, 0.1) is 27.6 Å². The number of hydrogen-bond acceptors (Lipinski definition) is 6.